The lowest BCUT2D eigenvalue weighted by Crippen LogP contribution is -2.41. The van der Waals surface area contributed by atoms with E-state index < -0.39 is 23.8 Å². The molecule has 0 spiro atoms. The Hall–Kier alpha value is -2.41. The number of rotatable bonds is 3. The van der Waals surface area contributed by atoms with Gasteiger partial charge in [0.15, 0.2) is 10.9 Å². The van der Waals surface area contributed by atoms with E-state index in [0.29, 0.717) is 5.57 Å². The van der Waals surface area contributed by atoms with E-state index >= 15 is 0 Å². The highest BCUT2D eigenvalue weighted by Gasteiger charge is 2.43. The van der Waals surface area contributed by atoms with Crippen molar-refractivity contribution in [2.24, 2.45) is 0 Å². The van der Waals surface area contributed by atoms with Crippen molar-refractivity contribution in [3.05, 3.63) is 17.7 Å². The molecule has 1 aromatic rings. The molecule has 13 heteroatoms. The predicted molar refractivity (Wildman–Crippen MR) is 100 cm³/mol. The number of carbonyl (C=O) groups is 3. The molecular weight excluding hydrogens is 429 g/mol. The van der Waals surface area contributed by atoms with Crippen molar-refractivity contribution < 1.29 is 37.1 Å². The van der Waals surface area contributed by atoms with E-state index in [1.807, 2.05) is 0 Å². The van der Waals surface area contributed by atoms with Crippen LogP contribution < -0.4 is 0 Å². The number of piperidine rings is 1. The van der Waals surface area contributed by atoms with Gasteiger partial charge in [-0.3, -0.25) is 4.79 Å². The molecule has 2 rings (SSSR count). The molecule has 1 unspecified atom stereocenters. The van der Waals surface area contributed by atoms with Gasteiger partial charge in [-0.2, -0.15) is 17.9 Å². The van der Waals surface area contributed by atoms with Gasteiger partial charge in [-0.15, -0.1) is 10.2 Å². The molecule has 0 aliphatic carbocycles. The monoisotopic (exact) mass is 450 g/mol. The molecule has 0 amide bonds. The Balaban J connectivity index is 2.20. The molecule has 0 saturated carbocycles. The first-order valence-corrected chi connectivity index (χ1v) is 9.69. The van der Waals surface area contributed by atoms with Crippen LogP contribution in [0.25, 0.3) is 6.08 Å². The van der Waals surface area contributed by atoms with Gasteiger partial charge in [-0.1, -0.05) is 11.8 Å². The van der Waals surface area contributed by atoms with Crippen molar-refractivity contribution in [2.45, 2.75) is 51.1 Å². The van der Waals surface area contributed by atoms with E-state index in [9.17, 15) is 27.6 Å². The summed E-state index contributed by atoms with van der Waals surface area (Å²) < 4.78 is 43.4. The van der Waals surface area contributed by atoms with Crippen LogP contribution in [-0.2, 0) is 19.2 Å². The third-order valence-corrected chi connectivity index (χ3v) is 4.72. The lowest BCUT2D eigenvalue weighted by Gasteiger charge is -2.32. The van der Waals surface area contributed by atoms with E-state index in [4.69, 9.17) is 4.74 Å². The molecule has 30 heavy (non-hydrogen) atoms. The molecule has 1 saturated heterocycles. The largest absolute Gasteiger partial charge is 0.492 e. The van der Waals surface area contributed by atoms with Crippen molar-refractivity contribution in [3.63, 3.8) is 0 Å². The summed E-state index contributed by atoms with van der Waals surface area (Å²) in [5.41, 5.74) is -0.268. The Kier molecular flexibility index (Phi) is 7.29. The number of halogens is 3. The molecule has 0 aromatic carbocycles. The second-order valence-corrected chi connectivity index (χ2v) is 8.75. The molecule has 1 fully saturated rings. The van der Waals surface area contributed by atoms with Gasteiger partial charge in [0.25, 0.3) is 0 Å². The summed E-state index contributed by atoms with van der Waals surface area (Å²) >= 11 is 1.000. The summed E-state index contributed by atoms with van der Waals surface area (Å²) in [5, 5.41) is 4.30. The Morgan fingerprint density at radius 2 is 1.93 bits per heavy atom. The van der Waals surface area contributed by atoms with E-state index in [2.05, 4.69) is 14.9 Å². The van der Waals surface area contributed by atoms with Crippen LogP contribution in [0.5, 0.6) is 0 Å². The summed E-state index contributed by atoms with van der Waals surface area (Å²) in [6.45, 7) is 6.28. The summed E-state index contributed by atoms with van der Waals surface area (Å²) in [4.78, 5) is 43.0. The topological polar surface area (TPSA) is 104 Å². The summed E-state index contributed by atoms with van der Waals surface area (Å²) in [5.74, 6) is -2.24. The molecule has 1 aliphatic heterocycles. The second kappa shape index (κ2) is 9.16. The number of hydrogen-bond acceptors (Lipinski definition) is 9. The predicted octanol–water partition coefficient (Wildman–Crippen LogP) is 2.82. The van der Waals surface area contributed by atoms with Crippen LogP contribution in [-0.4, -0.2) is 67.1 Å². The third kappa shape index (κ3) is 7.13. The van der Waals surface area contributed by atoms with E-state index in [0.717, 1.165) is 27.8 Å². The van der Waals surface area contributed by atoms with Gasteiger partial charge in [0.05, 0.1) is 6.54 Å². The number of thioether (sulfide) groups is 1. The van der Waals surface area contributed by atoms with Gasteiger partial charge in [0.1, 0.15) is 11.9 Å². The summed E-state index contributed by atoms with van der Waals surface area (Å²) in [6, 6.07) is 0. The van der Waals surface area contributed by atoms with Crippen LogP contribution in [0.4, 0.5) is 18.0 Å². The number of aromatic nitrogens is 3. The highest BCUT2D eigenvalue weighted by molar-refractivity contribution is 8.14. The van der Waals surface area contributed by atoms with E-state index in [-0.39, 0.29) is 35.7 Å². The SMILES string of the molecule is CC(=O)SC1CCN(OC(=O)C(F)(F)F)C/C1=C/c1ncn(C(=O)OC(C)(C)C)n1. The molecular formula is C17H21F3N4O5S. The number of carbonyl (C=O) groups excluding carboxylic acids is 3. The maximum Gasteiger partial charge on any atom is 0.492 e. The average molecular weight is 450 g/mol. The van der Waals surface area contributed by atoms with Crippen LogP contribution >= 0.6 is 11.8 Å². The standard InChI is InChI=1S/C17H21F3N4O5S/c1-10(25)30-12-5-6-23(29-14(26)17(18,19)20)8-11(12)7-13-21-9-24(22-13)15(27)28-16(2,3)4/h7,9,12H,5-6,8H2,1-4H3/b11-7-. The zero-order valence-corrected chi connectivity index (χ0v) is 17.5. The number of ether oxygens (including phenoxy) is 1. The number of alkyl halides is 3. The molecule has 0 bridgehead atoms. The first-order chi connectivity index (χ1) is 13.7. The molecule has 1 atom stereocenters. The minimum Gasteiger partial charge on any atom is -0.442 e. The fourth-order valence-corrected chi connectivity index (χ4v) is 3.37. The first kappa shape index (κ1) is 23.9. The lowest BCUT2D eigenvalue weighted by atomic mass is 10.1. The van der Waals surface area contributed by atoms with Gasteiger partial charge >= 0.3 is 18.2 Å². The Labute approximate surface area is 174 Å². The Morgan fingerprint density at radius 3 is 2.50 bits per heavy atom. The van der Waals surface area contributed by atoms with Crippen LogP contribution in [0.1, 0.15) is 39.9 Å². The van der Waals surface area contributed by atoms with Crippen LogP contribution in [0, 0.1) is 0 Å². The third-order valence-electron chi connectivity index (χ3n) is 3.57. The van der Waals surface area contributed by atoms with Crippen molar-refractivity contribution in [3.8, 4) is 0 Å². The van der Waals surface area contributed by atoms with Crippen molar-refractivity contribution in [1.29, 1.82) is 0 Å². The minimum absolute atomic E-state index is 0.0177. The fraction of sp³-hybridized carbons (Fsp3) is 0.588. The molecule has 1 aromatic heterocycles. The zero-order chi connectivity index (χ0) is 22.7. The van der Waals surface area contributed by atoms with Crippen molar-refractivity contribution >= 4 is 35.0 Å². The van der Waals surface area contributed by atoms with Gasteiger partial charge < -0.3 is 9.57 Å². The maximum absolute atomic E-state index is 12.5. The summed E-state index contributed by atoms with van der Waals surface area (Å²) in [7, 11) is 0. The number of hydroxylamine groups is 2. The Bertz CT molecular complexity index is 847. The van der Waals surface area contributed by atoms with Crippen LogP contribution in [0.2, 0.25) is 0 Å². The molecule has 9 nitrogen and oxygen atoms in total. The highest BCUT2D eigenvalue weighted by atomic mass is 32.2. The van der Waals surface area contributed by atoms with E-state index in [1.54, 1.807) is 20.8 Å². The summed E-state index contributed by atoms with van der Waals surface area (Å²) in [6.07, 6.45) is -3.04. The van der Waals surface area contributed by atoms with Gasteiger partial charge in [-0.25, -0.2) is 14.6 Å². The molecule has 0 N–H and O–H groups in total. The smallest absolute Gasteiger partial charge is 0.442 e. The second-order valence-electron chi connectivity index (χ2n) is 7.37. The van der Waals surface area contributed by atoms with Crippen molar-refractivity contribution in [2.75, 3.05) is 13.1 Å². The number of hydrogen-bond donors (Lipinski definition) is 0. The fourth-order valence-electron chi connectivity index (χ4n) is 2.46. The Morgan fingerprint density at radius 1 is 1.27 bits per heavy atom. The van der Waals surface area contributed by atoms with Crippen LogP contribution in [0.15, 0.2) is 11.9 Å². The first-order valence-electron chi connectivity index (χ1n) is 8.81. The highest BCUT2D eigenvalue weighted by Crippen LogP contribution is 2.30. The van der Waals surface area contributed by atoms with Crippen molar-refractivity contribution in [1.82, 2.24) is 19.8 Å². The molecule has 166 valence electrons. The quantitative estimate of drug-likeness (QED) is 0.688. The van der Waals surface area contributed by atoms with E-state index in [1.165, 1.54) is 13.0 Å². The zero-order valence-electron chi connectivity index (χ0n) is 16.7. The number of nitrogens with zero attached hydrogens (tertiary/aromatic N) is 4. The normalized spacial score (nSPS) is 19.6. The maximum atomic E-state index is 12.5. The van der Waals surface area contributed by atoms with Gasteiger partial charge in [0.2, 0.25) is 0 Å². The molecule has 0 radical (unpaired) electrons. The molecule has 2 heterocycles. The lowest BCUT2D eigenvalue weighted by molar-refractivity contribution is -0.238. The molecule has 1 aliphatic rings. The van der Waals surface area contributed by atoms with Gasteiger partial charge in [-0.05, 0) is 38.8 Å². The van der Waals surface area contributed by atoms with Crippen LogP contribution in [0.3, 0.4) is 0 Å². The average Bonchev–Trinajstić information content (AvgIpc) is 3.03. The minimum atomic E-state index is -5.12. The van der Waals surface area contributed by atoms with Gasteiger partial charge in [0, 0.05) is 18.7 Å².